The molecule has 19 heavy (non-hydrogen) atoms. The van der Waals surface area contributed by atoms with E-state index in [1.54, 1.807) is 0 Å². The average Bonchev–Trinajstić information content (AvgIpc) is 2.94. The number of aromatic nitrogens is 2. The second-order valence-electron chi connectivity index (χ2n) is 5.99. The van der Waals surface area contributed by atoms with Crippen LogP contribution in [0.3, 0.4) is 0 Å². The van der Waals surface area contributed by atoms with Gasteiger partial charge in [0.05, 0.1) is 0 Å². The molecule has 1 saturated heterocycles. The van der Waals surface area contributed by atoms with Crippen molar-refractivity contribution in [1.82, 2.24) is 9.97 Å². The molecule has 1 aliphatic heterocycles. The van der Waals surface area contributed by atoms with Crippen molar-refractivity contribution >= 4 is 17.4 Å². The Morgan fingerprint density at radius 2 is 1.89 bits per heavy atom. The maximum Gasteiger partial charge on any atom is 0.137 e. The molecular formula is C15H22ClN3. The van der Waals surface area contributed by atoms with Gasteiger partial charge in [-0.3, -0.25) is 0 Å². The highest BCUT2D eigenvalue weighted by Gasteiger charge is 2.37. The molecule has 0 radical (unpaired) electrons. The summed E-state index contributed by atoms with van der Waals surface area (Å²) in [6, 6.07) is 0. The van der Waals surface area contributed by atoms with Gasteiger partial charge in [-0.15, -0.1) is 0 Å². The maximum atomic E-state index is 6.28. The molecule has 4 heteroatoms. The van der Waals surface area contributed by atoms with Crippen molar-refractivity contribution in [2.45, 2.75) is 46.0 Å². The lowest BCUT2D eigenvalue weighted by molar-refractivity contribution is 0.494. The molecule has 0 spiro atoms. The molecule has 1 aliphatic carbocycles. The lowest BCUT2D eigenvalue weighted by Gasteiger charge is -2.21. The van der Waals surface area contributed by atoms with E-state index < -0.39 is 0 Å². The molecule has 0 bridgehead atoms. The van der Waals surface area contributed by atoms with E-state index in [-0.39, 0.29) is 0 Å². The molecule has 2 heterocycles. The first-order valence-electron chi connectivity index (χ1n) is 7.47. The van der Waals surface area contributed by atoms with Gasteiger partial charge in [-0.1, -0.05) is 24.9 Å². The van der Waals surface area contributed by atoms with Crippen LogP contribution in [0.1, 0.15) is 44.0 Å². The van der Waals surface area contributed by atoms with Crippen LogP contribution in [0.4, 0.5) is 5.82 Å². The number of rotatable bonds is 3. The van der Waals surface area contributed by atoms with Gasteiger partial charge in [0.1, 0.15) is 16.8 Å². The van der Waals surface area contributed by atoms with Crippen LogP contribution in [-0.4, -0.2) is 23.1 Å². The fourth-order valence-corrected chi connectivity index (χ4v) is 3.75. The Labute approximate surface area is 120 Å². The zero-order valence-corrected chi connectivity index (χ0v) is 12.6. The summed E-state index contributed by atoms with van der Waals surface area (Å²) >= 11 is 6.28. The van der Waals surface area contributed by atoms with Crippen LogP contribution >= 0.6 is 11.6 Å². The van der Waals surface area contributed by atoms with E-state index in [9.17, 15) is 0 Å². The minimum Gasteiger partial charge on any atom is -0.356 e. The molecule has 0 amide bonds. The molecule has 1 aromatic heterocycles. The Bertz CT molecular complexity index is 463. The van der Waals surface area contributed by atoms with Crippen molar-refractivity contribution in [3.05, 3.63) is 16.5 Å². The predicted molar refractivity (Wildman–Crippen MR) is 78.8 cm³/mol. The van der Waals surface area contributed by atoms with Crippen LogP contribution in [0.25, 0.3) is 0 Å². The molecular weight excluding hydrogens is 258 g/mol. The van der Waals surface area contributed by atoms with Gasteiger partial charge < -0.3 is 4.90 Å². The van der Waals surface area contributed by atoms with Crippen molar-refractivity contribution < 1.29 is 0 Å². The number of fused-ring (bicyclic) bond motifs is 1. The Balaban J connectivity index is 1.87. The molecule has 3 nitrogen and oxygen atoms in total. The van der Waals surface area contributed by atoms with Crippen molar-refractivity contribution in [1.29, 1.82) is 0 Å². The van der Waals surface area contributed by atoms with Gasteiger partial charge >= 0.3 is 0 Å². The van der Waals surface area contributed by atoms with E-state index in [0.717, 1.165) is 55.0 Å². The summed E-state index contributed by atoms with van der Waals surface area (Å²) in [5.41, 5.74) is 1.04. The fourth-order valence-electron chi connectivity index (χ4n) is 3.57. The molecule has 1 saturated carbocycles. The van der Waals surface area contributed by atoms with Gasteiger partial charge in [-0.25, -0.2) is 9.97 Å². The molecule has 0 N–H and O–H groups in total. The molecule has 2 atom stereocenters. The summed E-state index contributed by atoms with van der Waals surface area (Å²) in [5, 5.41) is 0.630. The normalized spacial score (nSPS) is 25.9. The molecule has 1 aromatic rings. The Kier molecular flexibility index (Phi) is 3.66. The first-order chi connectivity index (χ1) is 9.19. The number of hydrogen-bond donors (Lipinski definition) is 0. The van der Waals surface area contributed by atoms with Gasteiger partial charge in [0, 0.05) is 25.1 Å². The maximum absolute atomic E-state index is 6.28. The summed E-state index contributed by atoms with van der Waals surface area (Å²) in [6.07, 6.45) is 6.16. The highest BCUT2D eigenvalue weighted by atomic mass is 35.5. The monoisotopic (exact) mass is 279 g/mol. The summed E-state index contributed by atoms with van der Waals surface area (Å²) in [7, 11) is 0. The Morgan fingerprint density at radius 1 is 1.21 bits per heavy atom. The first kappa shape index (κ1) is 13.2. The molecule has 104 valence electrons. The largest absolute Gasteiger partial charge is 0.356 e. The van der Waals surface area contributed by atoms with Crippen LogP contribution in [0.15, 0.2) is 0 Å². The highest BCUT2D eigenvalue weighted by Crippen LogP contribution is 2.40. The third-order valence-corrected chi connectivity index (χ3v) is 4.97. The van der Waals surface area contributed by atoms with Crippen LogP contribution in [0.5, 0.6) is 0 Å². The number of halogens is 1. The topological polar surface area (TPSA) is 29.0 Å². The smallest absolute Gasteiger partial charge is 0.137 e. The van der Waals surface area contributed by atoms with E-state index in [1.165, 1.54) is 19.3 Å². The summed E-state index contributed by atoms with van der Waals surface area (Å²) in [4.78, 5) is 11.6. The highest BCUT2D eigenvalue weighted by molar-refractivity contribution is 6.30. The summed E-state index contributed by atoms with van der Waals surface area (Å²) in [5.74, 6) is 3.73. The first-order valence-corrected chi connectivity index (χ1v) is 7.84. The third kappa shape index (κ3) is 2.45. The second-order valence-corrected chi connectivity index (χ2v) is 6.34. The van der Waals surface area contributed by atoms with Gasteiger partial charge in [-0.05, 0) is 38.0 Å². The SMILES string of the molecule is CCCc1nc(Cl)c(C)c(N2CC3CCCC3C2)n1. The Hall–Kier alpha value is -0.830. The van der Waals surface area contributed by atoms with Gasteiger partial charge in [0.15, 0.2) is 0 Å². The van der Waals surface area contributed by atoms with Crippen molar-refractivity contribution in [3.63, 3.8) is 0 Å². The lowest BCUT2D eigenvalue weighted by Crippen LogP contribution is -2.24. The summed E-state index contributed by atoms with van der Waals surface area (Å²) in [6.45, 7) is 6.51. The quantitative estimate of drug-likeness (QED) is 0.791. The predicted octanol–water partition coefficient (Wildman–Crippen LogP) is 3.63. The van der Waals surface area contributed by atoms with Crippen molar-refractivity contribution in [3.8, 4) is 0 Å². The van der Waals surface area contributed by atoms with E-state index in [4.69, 9.17) is 16.6 Å². The van der Waals surface area contributed by atoms with Crippen LogP contribution < -0.4 is 4.90 Å². The second kappa shape index (κ2) is 5.28. The third-order valence-electron chi connectivity index (χ3n) is 4.61. The molecule has 2 unspecified atom stereocenters. The molecule has 0 aromatic carbocycles. The molecule has 2 aliphatic rings. The van der Waals surface area contributed by atoms with Crippen LogP contribution in [0, 0.1) is 18.8 Å². The number of aryl methyl sites for hydroxylation is 1. The van der Waals surface area contributed by atoms with Crippen LogP contribution in [-0.2, 0) is 6.42 Å². The van der Waals surface area contributed by atoms with E-state index in [0.29, 0.717) is 5.15 Å². The van der Waals surface area contributed by atoms with Crippen LogP contribution in [0.2, 0.25) is 5.15 Å². The number of nitrogens with zero attached hydrogens (tertiary/aromatic N) is 3. The van der Waals surface area contributed by atoms with Gasteiger partial charge in [0.2, 0.25) is 0 Å². The van der Waals surface area contributed by atoms with E-state index in [2.05, 4.69) is 16.8 Å². The number of hydrogen-bond acceptors (Lipinski definition) is 3. The molecule has 3 rings (SSSR count). The van der Waals surface area contributed by atoms with Crippen molar-refractivity contribution in [2.24, 2.45) is 11.8 Å². The van der Waals surface area contributed by atoms with Gasteiger partial charge in [-0.2, -0.15) is 0 Å². The van der Waals surface area contributed by atoms with Gasteiger partial charge in [0.25, 0.3) is 0 Å². The van der Waals surface area contributed by atoms with E-state index in [1.807, 2.05) is 6.92 Å². The lowest BCUT2D eigenvalue weighted by atomic mass is 10.0. The minimum atomic E-state index is 0.630. The molecule has 2 fully saturated rings. The zero-order chi connectivity index (χ0) is 13.4. The zero-order valence-electron chi connectivity index (χ0n) is 11.8. The average molecular weight is 280 g/mol. The van der Waals surface area contributed by atoms with E-state index >= 15 is 0 Å². The minimum absolute atomic E-state index is 0.630. The number of anilines is 1. The standard InChI is InChI=1S/C15H22ClN3/c1-3-5-13-17-14(16)10(2)15(18-13)19-8-11-6-4-7-12(11)9-19/h11-12H,3-9H2,1-2H3. The van der Waals surface area contributed by atoms with Crippen molar-refractivity contribution in [2.75, 3.05) is 18.0 Å². The Morgan fingerprint density at radius 3 is 2.53 bits per heavy atom. The summed E-state index contributed by atoms with van der Waals surface area (Å²) < 4.78 is 0. The fraction of sp³-hybridized carbons (Fsp3) is 0.733.